The van der Waals surface area contributed by atoms with Crippen LogP contribution in [0.2, 0.25) is 0 Å². The Morgan fingerprint density at radius 3 is 2.10 bits per heavy atom. The van der Waals surface area contributed by atoms with Crippen LogP contribution in [0.1, 0.15) is 16.7 Å². The van der Waals surface area contributed by atoms with Gasteiger partial charge < -0.3 is 4.74 Å². The number of hydrogen-bond acceptors (Lipinski definition) is 1. The van der Waals surface area contributed by atoms with Gasteiger partial charge in [-0.25, -0.2) is 0 Å². The third-order valence-corrected chi connectivity index (χ3v) is 2.61. The van der Waals surface area contributed by atoms with Gasteiger partial charge in [0.05, 0.1) is 12.7 Å². The molecule has 0 heterocycles. The summed E-state index contributed by atoms with van der Waals surface area (Å²) in [6, 6.07) is 12.0. The van der Waals surface area contributed by atoms with Gasteiger partial charge in [0.25, 0.3) is 0 Å². The Morgan fingerprint density at radius 2 is 1.50 bits per heavy atom. The minimum Gasteiger partial charge on any atom is -0.497 e. The second kappa shape index (κ2) is 5.70. The number of ether oxygens (including phenoxy) is 1. The molecule has 2 rings (SSSR count). The molecule has 0 N–H and O–H groups in total. The summed E-state index contributed by atoms with van der Waals surface area (Å²) >= 11 is 0. The number of hydrogen-bond donors (Lipinski definition) is 0. The Hall–Kier alpha value is -2.41. The lowest BCUT2D eigenvalue weighted by molar-refractivity contribution is -0.137. The van der Waals surface area contributed by atoms with Gasteiger partial charge in [0.15, 0.2) is 0 Å². The van der Waals surface area contributed by atoms with Crippen molar-refractivity contribution >= 4 is 0 Å². The highest BCUT2D eigenvalue weighted by Crippen LogP contribution is 2.29. The first-order valence-corrected chi connectivity index (χ1v) is 5.82. The molecule has 0 saturated heterocycles. The van der Waals surface area contributed by atoms with Gasteiger partial charge in [-0.1, -0.05) is 24.0 Å². The minimum atomic E-state index is -4.35. The first kappa shape index (κ1) is 14.0. The van der Waals surface area contributed by atoms with E-state index < -0.39 is 11.7 Å². The zero-order chi connectivity index (χ0) is 14.6. The maximum absolute atomic E-state index is 12.6. The van der Waals surface area contributed by atoms with Gasteiger partial charge in [-0.15, -0.1) is 0 Å². The first-order valence-electron chi connectivity index (χ1n) is 5.82. The van der Waals surface area contributed by atoms with E-state index in [4.69, 9.17) is 4.74 Å². The standard InChI is InChI=1S/C16H11F3O/c1-20-15-7-3-5-13(11-15)9-8-12-4-2-6-14(10-12)16(17,18)19/h2-7,10-11H,1H3. The predicted molar refractivity (Wildman–Crippen MR) is 70.4 cm³/mol. The summed E-state index contributed by atoms with van der Waals surface area (Å²) in [6.07, 6.45) is -4.35. The second-order valence-corrected chi connectivity index (χ2v) is 4.06. The zero-order valence-electron chi connectivity index (χ0n) is 10.7. The molecule has 0 aliphatic heterocycles. The van der Waals surface area contributed by atoms with Gasteiger partial charge in [-0.05, 0) is 36.4 Å². The van der Waals surface area contributed by atoms with Gasteiger partial charge in [-0.3, -0.25) is 0 Å². The van der Waals surface area contributed by atoms with Crippen LogP contribution in [0.4, 0.5) is 13.2 Å². The van der Waals surface area contributed by atoms with Crippen LogP contribution in [0.5, 0.6) is 5.75 Å². The third-order valence-electron chi connectivity index (χ3n) is 2.61. The zero-order valence-corrected chi connectivity index (χ0v) is 10.7. The molecular formula is C16H11F3O. The van der Waals surface area contributed by atoms with Gasteiger partial charge in [0.1, 0.15) is 5.75 Å². The molecule has 2 aromatic rings. The summed E-state index contributed by atoms with van der Waals surface area (Å²) in [5.41, 5.74) is 0.305. The molecule has 0 atom stereocenters. The molecule has 102 valence electrons. The van der Waals surface area contributed by atoms with E-state index in [2.05, 4.69) is 11.8 Å². The normalized spacial score (nSPS) is 10.6. The molecule has 0 aliphatic carbocycles. The molecule has 0 fully saturated rings. The van der Waals surface area contributed by atoms with Crippen molar-refractivity contribution in [2.45, 2.75) is 6.18 Å². The highest BCUT2D eigenvalue weighted by molar-refractivity contribution is 5.46. The fourth-order valence-electron chi connectivity index (χ4n) is 1.62. The maximum Gasteiger partial charge on any atom is 0.416 e. The third kappa shape index (κ3) is 3.55. The summed E-state index contributed by atoms with van der Waals surface area (Å²) in [4.78, 5) is 0. The summed E-state index contributed by atoms with van der Waals surface area (Å²) in [7, 11) is 1.54. The molecule has 0 radical (unpaired) electrons. The molecule has 0 aromatic heterocycles. The Kier molecular flexibility index (Phi) is 3.99. The fourth-order valence-corrected chi connectivity index (χ4v) is 1.62. The molecule has 0 amide bonds. The summed E-state index contributed by atoms with van der Waals surface area (Å²) in [6.45, 7) is 0. The lowest BCUT2D eigenvalue weighted by Crippen LogP contribution is -2.04. The number of halogens is 3. The van der Waals surface area contributed by atoms with Gasteiger partial charge in [-0.2, -0.15) is 13.2 Å². The molecule has 0 unspecified atom stereocenters. The van der Waals surface area contributed by atoms with Gasteiger partial charge >= 0.3 is 6.18 Å². The highest BCUT2D eigenvalue weighted by atomic mass is 19.4. The van der Waals surface area contributed by atoms with Crippen LogP contribution >= 0.6 is 0 Å². The van der Waals surface area contributed by atoms with Crippen LogP contribution in [-0.4, -0.2) is 7.11 Å². The summed E-state index contributed by atoms with van der Waals surface area (Å²) < 4.78 is 42.7. The van der Waals surface area contributed by atoms with Crippen molar-refractivity contribution in [3.05, 3.63) is 65.2 Å². The van der Waals surface area contributed by atoms with E-state index >= 15 is 0 Å². The largest absolute Gasteiger partial charge is 0.497 e. The number of benzene rings is 2. The minimum absolute atomic E-state index is 0.322. The van der Waals surface area contributed by atoms with Crippen molar-refractivity contribution in [1.29, 1.82) is 0 Å². The number of rotatable bonds is 1. The Balaban J connectivity index is 2.29. The van der Waals surface area contributed by atoms with Crippen molar-refractivity contribution in [1.82, 2.24) is 0 Å². The summed E-state index contributed by atoms with van der Waals surface area (Å²) in [5, 5.41) is 0. The van der Waals surface area contributed by atoms with Crippen LogP contribution < -0.4 is 4.74 Å². The van der Waals surface area contributed by atoms with E-state index in [0.717, 1.165) is 12.1 Å². The second-order valence-electron chi connectivity index (χ2n) is 4.06. The van der Waals surface area contributed by atoms with Crippen LogP contribution in [0.25, 0.3) is 0 Å². The predicted octanol–water partition coefficient (Wildman–Crippen LogP) is 4.11. The van der Waals surface area contributed by atoms with Crippen molar-refractivity contribution in [2.75, 3.05) is 7.11 Å². The van der Waals surface area contributed by atoms with Crippen LogP contribution in [0, 0.1) is 11.8 Å². The quantitative estimate of drug-likeness (QED) is 0.712. The molecule has 2 aromatic carbocycles. The van der Waals surface area contributed by atoms with Crippen molar-refractivity contribution < 1.29 is 17.9 Å². The van der Waals surface area contributed by atoms with E-state index in [1.54, 1.807) is 37.4 Å². The Labute approximate surface area is 115 Å². The Bertz CT molecular complexity index is 663. The van der Waals surface area contributed by atoms with Gasteiger partial charge in [0.2, 0.25) is 0 Å². The van der Waals surface area contributed by atoms with Crippen molar-refractivity contribution in [2.24, 2.45) is 0 Å². The monoisotopic (exact) mass is 276 g/mol. The molecular weight excluding hydrogens is 265 g/mol. The molecule has 0 spiro atoms. The van der Waals surface area contributed by atoms with E-state index in [-0.39, 0.29) is 0 Å². The first-order chi connectivity index (χ1) is 9.49. The topological polar surface area (TPSA) is 9.23 Å². The molecule has 0 saturated carbocycles. The molecule has 1 nitrogen and oxygen atoms in total. The van der Waals surface area contributed by atoms with Crippen molar-refractivity contribution in [3.63, 3.8) is 0 Å². The van der Waals surface area contributed by atoms with E-state index in [1.165, 1.54) is 6.07 Å². The Morgan fingerprint density at radius 1 is 0.900 bits per heavy atom. The maximum atomic E-state index is 12.6. The molecule has 20 heavy (non-hydrogen) atoms. The average Bonchev–Trinajstić information content (AvgIpc) is 2.45. The van der Waals surface area contributed by atoms with E-state index in [1.807, 2.05) is 0 Å². The number of alkyl halides is 3. The molecule has 4 heteroatoms. The van der Waals surface area contributed by atoms with Gasteiger partial charge in [0, 0.05) is 11.1 Å². The number of methoxy groups -OCH3 is 1. The van der Waals surface area contributed by atoms with E-state index in [9.17, 15) is 13.2 Å². The highest BCUT2D eigenvalue weighted by Gasteiger charge is 2.30. The molecule has 0 bridgehead atoms. The fraction of sp³-hybridized carbons (Fsp3) is 0.125. The van der Waals surface area contributed by atoms with Crippen LogP contribution in [-0.2, 0) is 6.18 Å². The average molecular weight is 276 g/mol. The SMILES string of the molecule is COc1cccc(C#Cc2cccc(C(F)(F)F)c2)c1. The van der Waals surface area contributed by atoms with Crippen LogP contribution in [0.15, 0.2) is 48.5 Å². The smallest absolute Gasteiger partial charge is 0.416 e. The lowest BCUT2D eigenvalue weighted by Gasteiger charge is -2.05. The summed E-state index contributed by atoms with van der Waals surface area (Å²) in [5.74, 6) is 6.19. The molecule has 0 aliphatic rings. The van der Waals surface area contributed by atoms with Crippen LogP contribution in [0.3, 0.4) is 0 Å². The van der Waals surface area contributed by atoms with Crippen molar-refractivity contribution in [3.8, 4) is 17.6 Å². The lowest BCUT2D eigenvalue weighted by atomic mass is 10.1. The van der Waals surface area contributed by atoms with E-state index in [0.29, 0.717) is 16.9 Å².